The van der Waals surface area contributed by atoms with Gasteiger partial charge >= 0.3 is 0 Å². The van der Waals surface area contributed by atoms with Crippen molar-refractivity contribution >= 4 is 24.0 Å². The van der Waals surface area contributed by atoms with Crippen LogP contribution in [0.2, 0.25) is 19.6 Å². The molecule has 22 heavy (non-hydrogen) atoms. The van der Waals surface area contributed by atoms with Gasteiger partial charge in [-0.25, -0.2) is 0 Å². The molecule has 0 saturated carbocycles. The van der Waals surface area contributed by atoms with Crippen LogP contribution in [0.1, 0.15) is 22.8 Å². The van der Waals surface area contributed by atoms with Crippen LogP contribution in [0.5, 0.6) is 0 Å². The molecule has 0 heterocycles. The summed E-state index contributed by atoms with van der Waals surface area (Å²) in [4.78, 5) is 0. The summed E-state index contributed by atoms with van der Waals surface area (Å²) in [5.41, 5.74) is 6.55. The fourth-order valence-corrected chi connectivity index (χ4v) is 2.91. The number of aliphatic hydroxyl groups is 1. The number of halogens is 1. The quantitative estimate of drug-likeness (QED) is 0.596. The Kier molecular flexibility index (Phi) is 5.63. The van der Waals surface area contributed by atoms with E-state index < -0.39 is 14.2 Å². The Morgan fingerprint density at radius 1 is 1.05 bits per heavy atom. The van der Waals surface area contributed by atoms with E-state index >= 15 is 0 Å². The molecule has 0 saturated heterocycles. The van der Waals surface area contributed by atoms with Gasteiger partial charge in [-0.2, -0.15) is 0 Å². The van der Waals surface area contributed by atoms with Gasteiger partial charge in [0.15, 0.2) is 0 Å². The molecule has 0 spiro atoms. The van der Waals surface area contributed by atoms with Crippen LogP contribution in [-0.4, -0.2) is 13.2 Å². The molecule has 0 aliphatic rings. The lowest BCUT2D eigenvalue weighted by Crippen LogP contribution is -2.16. The number of hydrogen-bond acceptors (Lipinski definition) is 1. The van der Waals surface area contributed by atoms with Crippen LogP contribution >= 0.6 is 15.9 Å². The molecule has 114 valence electrons. The summed E-state index contributed by atoms with van der Waals surface area (Å²) < 4.78 is 1.09. The second-order valence-electron chi connectivity index (χ2n) is 6.47. The minimum atomic E-state index is -1.46. The van der Waals surface area contributed by atoms with Crippen molar-refractivity contribution in [2.24, 2.45) is 0 Å². The lowest BCUT2D eigenvalue weighted by molar-refractivity contribution is 0.238. The third kappa shape index (κ3) is 5.45. The summed E-state index contributed by atoms with van der Waals surface area (Å²) in [6, 6.07) is 16.4. The van der Waals surface area contributed by atoms with Crippen molar-refractivity contribution in [2.75, 3.05) is 0 Å². The molecule has 0 fully saturated rings. The molecule has 0 aliphatic heterocycles. The van der Waals surface area contributed by atoms with Gasteiger partial charge in [0.05, 0.1) is 0 Å². The largest absolute Gasteiger partial charge is 0.376 e. The Morgan fingerprint density at radius 3 is 2.36 bits per heavy atom. The van der Waals surface area contributed by atoms with E-state index in [1.807, 2.05) is 30.3 Å². The van der Waals surface area contributed by atoms with Crippen LogP contribution in [0.15, 0.2) is 53.0 Å². The minimum Gasteiger partial charge on any atom is -0.376 e. The SMILES string of the molecule is C[Si](C)(C)C#CC(O)c1cccc(Cc2ccc(Br)cc2)c1. The van der Waals surface area contributed by atoms with Crippen LogP contribution in [0, 0.1) is 11.5 Å². The topological polar surface area (TPSA) is 20.2 Å². The highest BCUT2D eigenvalue weighted by Gasteiger charge is 2.10. The summed E-state index contributed by atoms with van der Waals surface area (Å²) >= 11 is 3.45. The molecule has 1 nitrogen and oxygen atoms in total. The normalized spacial score (nSPS) is 12.4. The predicted molar refractivity (Wildman–Crippen MR) is 99.5 cm³/mol. The number of hydrogen-bond donors (Lipinski definition) is 1. The summed E-state index contributed by atoms with van der Waals surface area (Å²) in [5.74, 6) is 3.00. The highest BCUT2D eigenvalue weighted by molar-refractivity contribution is 9.10. The zero-order valence-electron chi connectivity index (χ0n) is 13.2. The lowest BCUT2D eigenvalue weighted by Gasteiger charge is -2.09. The fourth-order valence-electron chi connectivity index (χ4n) is 2.08. The van der Waals surface area contributed by atoms with Crippen molar-refractivity contribution in [1.29, 1.82) is 0 Å². The number of rotatable bonds is 3. The summed E-state index contributed by atoms with van der Waals surface area (Å²) in [6.07, 6.45) is 0.159. The first-order valence-electron chi connectivity index (χ1n) is 7.37. The Hall–Kier alpha value is -1.34. The molecule has 2 rings (SSSR count). The number of benzene rings is 2. The summed E-state index contributed by atoms with van der Waals surface area (Å²) in [5, 5.41) is 10.3. The van der Waals surface area contributed by atoms with Crippen LogP contribution in [0.25, 0.3) is 0 Å². The third-order valence-electron chi connectivity index (χ3n) is 3.17. The Balaban J connectivity index is 2.15. The van der Waals surface area contributed by atoms with Crippen LogP contribution < -0.4 is 0 Å². The van der Waals surface area contributed by atoms with Crippen molar-refractivity contribution in [3.63, 3.8) is 0 Å². The van der Waals surface area contributed by atoms with Gasteiger partial charge in [0, 0.05) is 4.47 Å². The Bertz CT molecular complexity index is 690. The van der Waals surface area contributed by atoms with E-state index in [2.05, 4.69) is 65.2 Å². The average Bonchev–Trinajstić information content (AvgIpc) is 2.47. The summed E-state index contributed by atoms with van der Waals surface area (Å²) in [6.45, 7) is 6.53. The molecule has 0 aromatic heterocycles. The molecular weight excluding hydrogens is 352 g/mol. The zero-order valence-corrected chi connectivity index (χ0v) is 15.8. The minimum absolute atomic E-state index is 0.698. The van der Waals surface area contributed by atoms with Crippen molar-refractivity contribution in [3.05, 3.63) is 69.7 Å². The second kappa shape index (κ2) is 7.28. The first-order valence-corrected chi connectivity index (χ1v) is 11.7. The highest BCUT2D eigenvalue weighted by atomic mass is 79.9. The van der Waals surface area contributed by atoms with E-state index in [1.165, 1.54) is 11.1 Å². The molecule has 3 heteroatoms. The Morgan fingerprint density at radius 2 is 1.73 bits per heavy atom. The lowest BCUT2D eigenvalue weighted by atomic mass is 10.0. The standard InChI is InChI=1S/C19H21BrOSi/c1-22(2,3)12-11-19(21)17-6-4-5-16(14-17)13-15-7-9-18(20)10-8-15/h4-10,14,19,21H,13H2,1-3H3. The van der Waals surface area contributed by atoms with Crippen molar-refractivity contribution in [3.8, 4) is 11.5 Å². The van der Waals surface area contributed by atoms with E-state index in [-0.39, 0.29) is 0 Å². The molecule has 1 unspecified atom stereocenters. The van der Waals surface area contributed by atoms with Crippen LogP contribution in [0.3, 0.4) is 0 Å². The molecule has 2 aromatic rings. The van der Waals surface area contributed by atoms with Crippen molar-refractivity contribution in [2.45, 2.75) is 32.2 Å². The first-order chi connectivity index (χ1) is 10.3. The fraction of sp³-hybridized carbons (Fsp3) is 0.263. The van der Waals surface area contributed by atoms with E-state index in [4.69, 9.17) is 0 Å². The zero-order chi connectivity index (χ0) is 16.2. The summed E-state index contributed by atoms with van der Waals surface area (Å²) in [7, 11) is -1.46. The van der Waals surface area contributed by atoms with Crippen molar-refractivity contribution < 1.29 is 5.11 Å². The van der Waals surface area contributed by atoms with E-state index in [9.17, 15) is 5.11 Å². The van der Waals surface area contributed by atoms with Gasteiger partial charge in [0.1, 0.15) is 14.2 Å². The van der Waals surface area contributed by atoms with Crippen LogP contribution in [0.4, 0.5) is 0 Å². The highest BCUT2D eigenvalue weighted by Crippen LogP contribution is 2.18. The maximum Gasteiger partial charge on any atom is 0.139 e. The van der Waals surface area contributed by atoms with Crippen LogP contribution in [-0.2, 0) is 6.42 Å². The molecular formula is C19H21BrOSi. The molecule has 2 aromatic carbocycles. The smallest absolute Gasteiger partial charge is 0.139 e. The first kappa shape index (κ1) is 17.0. The van der Waals surface area contributed by atoms with Gasteiger partial charge in [-0.3, -0.25) is 0 Å². The predicted octanol–water partition coefficient (Wildman–Crippen LogP) is 4.95. The monoisotopic (exact) mass is 372 g/mol. The maximum atomic E-state index is 10.3. The van der Waals surface area contributed by atoms with E-state index in [1.54, 1.807) is 0 Å². The molecule has 0 aliphatic carbocycles. The third-order valence-corrected chi connectivity index (χ3v) is 4.60. The maximum absolute atomic E-state index is 10.3. The molecule has 0 bridgehead atoms. The molecule has 0 radical (unpaired) electrons. The van der Waals surface area contributed by atoms with Gasteiger partial charge in [0.25, 0.3) is 0 Å². The average molecular weight is 373 g/mol. The van der Waals surface area contributed by atoms with Crippen molar-refractivity contribution in [1.82, 2.24) is 0 Å². The van der Waals surface area contributed by atoms with E-state index in [0.29, 0.717) is 0 Å². The van der Waals surface area contributed by atoms with Gasteiger partial charge in [-0.15, -0.1) is 5.54 Å². The molecule has 1 N–H and O–H groups in total. The Labute approximate surface area is 142 Å². The van der Waals surface area contributed by atoms with Gasteiger partial charge in [-0.05, 0) is 35.2 Å². The second-order valence-corrected chi connectivity index (χ2v) is 12.1. The van der Waals surface area contributed by atoms with Gasteiger partial charge in [0.2, 0.25) is 0 Å². The molecule has 0 amide bonds. The van der Waals surface area contributed by atoms with Gasteiger partial charge in [-0.1, -0.05) is 77.9 Å². The van der Waals surface area contributed by atoms with Gasteiger partial charge < -0.3 is 5.11 Å². The molecule has 1 atom stereocenters. The number of aliphatic hydroxyl groups excluding tert-OH is 1. The van der Waals surface area contributed by atoms with E-state index in [0.717, 1.165) is 16.5 Å².